The minimum Gasteiger partial charge on any atom is -0.480 e. The predicted molar refractivity (Wildman–Crippen MR) is 94.7 cm³/mol. The summed E-state index contributed by atoms with van der Waals surface area (Å²) in [6.45, 7) is -0.346. The molecule has 0 radical (unpaired) electrons. The fourth-order valence-electron chi connectivity index (χ4n) is 2.80. The molecule has 3 atom stereocenters. The molecule has 2 heterocycles. The molecule has 12 nitrogen and oxygen atoms in total. The van der Waals surface area contributed by atoms with Gasteiger partial charge in [0.05, 0.1) is 0 Å². The number of nitrogens with zero attached hydrogens (tertiary/aromatic N) is 1. The number of thioether (sulfide) groups is 1. The lowest BCUT2D eigenvalue weighted by Gasteiger charge is -2.49. The summed E-state index contributed by atoms with van der Waals surface area (Å²) < 4.78 is 4.62. The summed E-state index contributed by atoms with van der Waals surface area (Å²) in [5.74, 6) is -3.38. The van der Waals surface area contributed by atoms with Gasteiger partial charge in [0.1, 0.15) is 29.8 Å². The molecule has 0 aromatic carbocycles. The number of hydrogen-bond acceptors (Lipinski definition) is 8. The van der Waals surface area contributed by atoms with Crippen molar-refractivity contribution < 1.29 is 38.9 Å². The van der Waals surface area contributed by atoms with Crippen molar-refractivity contribution in [1.82, 2.24) is 10.2 Å². The van der Waals surface area contributed by atoms with Crippen LogP contribution in [0.15, 0.2) is 11.3 Å². The highest BCUT2D eigenvalue weighted by Crippen LogP contribution is 2.40. The molecule has 7 N–H and O–H groups in total. The summed E-state index contributed by atoms with van der Waals surface area (Å²) in [5.41, 5.74) is 10.2. The fourth-order valence-corrected chi connectivity index (χ4v) is 4.13. The SMILES string of the molecule is NC(=O)OCC1=C(C(=O)O)N2C(=O)[C@@H](NC(=O)CCCC(N)C(=O)O)[C@H]2SC1. The van der Waals surface area contributed by atoms with Crippen LogP contribution in [-0.2, 0) is 23.9 Å². The fraction of sp³-hybridized carbons (Fsp3) is 0.533. The number of ether oxygens (including phenoxy) is 1. The Labute approximate surface area is 163 Å². The molecule has 0 aromatic rings. The van der Waals surface area contributed by atoms with Gasteiger partial charge in [0.25, 0.3) is 5.91 Å². The van der Waals surface area contributed by atoms with E-state index in [9.17, 15) is 29.1 Å². The Morgan fingerprint density at radius 3 is 2.57 bits per heavy atom. The van der Waals surface area contributed by atoms with Crippen molar-refractivity contribution in [3.05, 3.63) is 11.3 Å². The molecule has 1 fully saturated rings. The lowest BCUT2D eigenvalue weighted by Crippen LogP contribution is -2.70. The number of carboxylic acids is 2. The number of amides is 3. The van der Waals surface area contributed by atoms with Crippen LogP contribution in [0, 0.1) is 0 Å². The van der Waals surface area contributed by atoms with Gasteiger partial charge in [0.2, 0.25) is 5.91 Å². The topological polar surface area (TPSA) is 202 Å². The Morgan fingerprint density at radius 1 is 1.32 bits per heavy atom. The van der Waals surface area contributed by atoms with E-state index in [1.54, 1.807) is 0 Å². The van der Waals surface area contributed by atoms with Gasteiger partial charge in [-0.15, -0.1) is 11.8 Å². The molecule has 154 valence electrons. The number of nitrogens with one attached hydrogen (secondary N) is 1. The third-order valence-electron chi connectivity index (χ3n) is 4.19. The molecule has 28 heavy (non-hydrogen) atoms. The second-order valence-electron chi connectivity index (χ2n) is 6.16. The molecule has 1 unspecified atom stereocenters. The molecule has 1 saturated heterocycles. The van der Waals surface area contributed by atoms with Crippen LogP contribution in [-0.4, -0.2) is 74.8 Å². The minimum atomic E-state index is -1.35. The number of nitrogens with two attached hydrogens (primary N) is 2. The van der Waals surface area contributed by atoms with Crippen molar-refractivity contribution in [2.75, 3.05) is 12.4 Å². The van der Waals surface area contributed by atoms with Gasteiger partial charge in [-0.3, -0.25) is 19.3 Å². The quantitative estimate of drug-likeness (QED) is 0.272. The first-order chi connectivity index (χ1) is 13.1. The molecule has 3 amide bonds. The van der Waals surface area contributed by atoms with E-state index in [0.717, 1.165) is 4.90 Å². The van der Waals surface area contributed by atoms with Gasteiger partial charge in [-0.05, 0) is 12.8 Å². The molecule has 0 bridgehead atoms. The molecule has 2 aliphatic rings. The molecule has 0 saturated carbocycles. The lowest BCUT2D eigenvalue weighted by atomic mass is 10.0. The van der Waals surface area contributed by atoms with Crippen LogP contribution in [0.25, 0.3) is 0 Å². The zero-order valence-electron chi connectivity index (χ0n) is 14.6. The first-order valence-corrected chi connectivity index (χ1v) is 9.28. The third kappa shape index (κ3) is 4.72. The summed E-state index contributed by atoms with van der Waals surface area (Å²) >= 11 is 1.22. The maximum Gasteiger partial charge on any atom is 0.404 e. The highest BCUT2D eigenvalue weighted by atomic mass is 32.2. The largest absolute Gasteiger partial charge is 0.480 e. The van der Waals surface area contributed by atoms with Crippen molar-refractivity contribution in [3.63, 3.8) is 0 Å². The van der Waals surface area contributed by atoms with Gasteiger partial charge in [-0.2, -0.15) is 0 Å². The first kappa shape index (κ1) is 21.5. The van der Waals surface area contributed by atoms with Crippen LogP contribution in [0.5, 0.6) is 0 Å². The smallest absolute Gasteiger partial charge is 0.404 e. The Morgan fingerprint density at radius 2 is 2.00 bits per heavy atom. The Bertz CT molecular complexity index is 740. The number of aliphatic carboxylic acids is 2. The summed E-state index contributed by atoms with van der Waals surface area (Å²) in [7, 11) is 0. The average Bonchev–Trinajstić information content (AvgIpc) is 2.62. The van der Waals surface area contributed by atoms with E-state index in [2.05, 4.69) is 10.1 Å². The van der Waals surface area contributed by atoms with E-state index in [-0.39, 0.29) is 42.9 Å². The highest BCUT2D eigenvalue weighted by molar-refractivity contribution is 8.00. The maximum atomic E-state index is 12.4. The predicted octanol–water partition coefficient (Wildman–Crippen LogP) is -1.60. The number of carboxylic acid groups (broad SMARTS) is 2. The number of carbonyl (C=O) groups excluding carboxylic acids is 3. The van der Waals surface area contributed by atoms with Crippen LogP contribution in [0.3, 0.4) is 0 Å². The summed E-state index contributed by atoms with van der Waals surface area (Å²) in [6.07, 6.45) is -0.731. The zero-order chi connectivity index (χ0) is 21.0. The van der Waals surface area contributed by atoms with E-state index < -0.39 is 47.3 Å². The molecular formula is C15H20N4O8S. The summed E-state index contributed by atoms with van der Waals surface area (Å²) in [6, 6.07) is -1.95. The molecule has 0 aromatic heterocycles. The molecular weight excluding hydrogens is 396 g/mol. The second-order valence-corrected chi connectivity index (χ2v) is 7.26. The lowest BCUT2D eigenvalue weighted by molar-refractivity contribution is -0.150. The number of β-lactam (4-membered cyclic amide) rings is 1. The second kappa shape index (κ2) is 8.93. The van der Waals surface area contributed by atoms with Crippen molar-refractivity contribution in [1.29, 1.82) is 0 Å². The minimum absolute atomic E-state index is 0.0124. The molecule has 2 aliphatic heterocycles. The van der Waals surface area contributed by atoms with E-state index in [1.807, 2.05) is 0 Å². The first-order valence-electron chi connectivity index (χ1n) is 8.23. The van der Waals surface area contributed by atoms with E-state index in [4.69, 9.17) is 16.6 Å². The van der Waals surface area contributed by atoms with Gasteiger partial charge in [-0.1, -0.05) is 0 Å². The Balaban J connectivity index is 1.96. The number of hydrogen-bond donors (Lipinski definition) is 5. The summed E-state index contributed by atoms with van der Waals surface area (Å²) in [4.78, 5) is 58.3. The maximum absolute atomic E-state index is 12.4. The number of rotatable bonds is 9. The molecule has 13 heteroatoms. The Kier molecular flexibility index (Phi) is 6.85. The normalized spacial score (nSPS) is 22.0. The van der Waals surface area contributed by atoms with Crippen LogP contribution >= 0.6 is 11.8 Å². The van der Waals surface area contributed by atoms with Crippen molar-refractivity contribution in [3.8, 4) is 0 Å². The molecule has 2 rings (SSSR count). The molecule has 0 aliphatic carbocycles. The standard InChI is InChI=1S/C15H20N4O8S/c16-7(13(22)23)2-1-3-8(20)18-9-11(21)19-10(14(24)25)6(4-27-15(17)26)5-28-12(9)19/h7,9,12H,1-5,16H2,(H2,17,26)(H,18,20)(H,22,23)(H,24,25)/t7?,9-,12-/m1/s1. The number of fused-ring (bicyclic) bond motifs is 1. The van der Waals surface area contributed by atoms with Gasteiger partial charge in [0, 0.05) is 17.7 Å². The van der Waals surface area contributed by atoms with E-state index >= 15 is 0 Å². The number of primary amides is 1. The van der Waals surface area contributed by atoms with Crippen molar-refractivity contribution >= 4 is 41.6 Å². The third-order valence-corrected chi connectivity index (χ3v) is 5.53. The monoisotopic (exact) mass is 416 g/mol. The average molecular weight is 416 g/mol. The van der Waals surface area contributed by atoms with Gasteiger partial charge in [0.15, 0.2) is 0 Å². The van der Waals surface area contributed by atoms with Crippen molar-refractivity contribution in [2.45, 2.75) is 36.7 Å². The molecule has 0 spiro atoms. The highest BCUT2D eigenvalue weighted by Gasteiger charge is 2.54. The van der Waals surface area contributed by atoms with Crippen LogP contribution in [0.2, 0.25) is 0 Å². The van der Waals surface area contributed by atoms with Crippen LogP contribution in [0.1, 0.15) is 19.3 Å². The van der Waals surface area contributed by atoms with Crippen molar-refractivity contribution in [2.24, 2.45) is 11.5 Å². The van der Waals surface area contributed by atoms with E-state index in [0.29, 0.717) is 0 Å². The van der Waals surface area contributed by atoms with Gasteiger partial charge >= 0.3 is 18.0 Å². The van der Waals surface area contributed by atoms with Gasteiger partial charge < -0.3 is 31.7 Å². The van der Waals surface area contributed by atoms with E-state index in [1.165, 1.54) is 11.8 Å². The Hall–Kier alpha value is -2.80. The van der Waals surface area contributed by atoms with Gasteiger partial charge in [-0.25, -0.2) is 9.59 Å². The summed E-state index contributed by atoms with van der Waals surface area (Å²) in [5, 5.41) is 20.0. The number of carbonyl (C=O) groups is 5. The van der Waals surface area contributed by atoms with Crippen LogP contribution in [0.4, 0.5) is 4.79 Å². The van der Waals surface area contributed by atoms with Crippen LogP contribution < -0.4 is 16.8 Å². The zero-order valence-corrected chi connectivity index (χ0v) is 15.4.